The van der Waals surface area contributed by atoms with E-state index in [0.717, 1.165) is 39.0 Å². The van der Waals surface area contributed by atoms with E-state index in [1.165, 1.54) is 0 Å². The normalized spacial score (nSPS) is 10.4. The fourth-order valence-corrected chi connectivity index (χ4v) is 4.10. The minimum absolute atomic E-state index is 0.0428. The van der Waals surface area contributed by atoms with E-state index < -0.39 is 0 Å². The predicted octanol–water partition coefficient (Wildman–Crippen LogP) is 5.38. The average molecular weight is 470 g/mol. The quantitative estimate of drug-likeness (QED) is 0.591. The Hall–Kier alpha value is -1.53. The maximum absolute atomic E-state index is 12.1. The number of nitrogens with one attached hydrogen (secondary N) is 1. The smallest absolute Gasteiger partial charge is 0.262 e. The Morgan fingerprint density at radius 2 is 1.76 bits per heavy atom. The fraction of sp³-hybridized carbons (Fsp3) is 0.316. The second kappa shape index (κ2) is 9.25. The molecule has 1 N–H and O–H groups in total. The molecule has 0 unspecified atom stereocenters. The van der Waals surface area contributed by atoms with Crippen LogP contribution in [0, 0.1) is 6.92 Å². The van der Waals surface area contributed by atoms with Crippen LogP contribution in [0.3, 0.4) is 0 Å². The van der Waals surface area contributed by atoms with Crippen LogP contribution in [-0.2, 0) is 4.79 Å². The molecule has 0 atom stereocenters. The Balaban J connectivity index is 1.95. The van der Waals surface area contributed by atoms with Crippen molar-refractivity contribution in [3.63, 3.8) is 0 Å². The zero-order chi connectivity index (χ0) is 18.4. The molecule has 0 spiro atoms. The van der Waals surface area contributed by atoms with Crippen LogP contribution in [0.15, 0.2) is 45.3 Å². The first-order valence-corrected chi connectivity index (χ1v) is 9.76. The van der Waals surface area contributed by atoms with Gasteiger partial charge in [-0.2, -0.15) is 0 Å². The van der Waals surface area contributed by atoms with Gasteiger partial charge in [-0.3, -0.25) is 4.79 Å². The summed E-state index contributed by atoms with van der Waals surface area (Å²) in [6.45, 7) is 8.06. The molecule has 0 fully saturated rings. The first-order chi connectivity index (χ1) is 11.9. The summed E-state index contributed by atoms with van der Waals surface area (Å²) < 4.78 is 7.44. The van der Waals surface area contributed by atoms with Gasteiger partial charge in [0.25, 0.3) is 5.91 Å². The van der Waals surface area contributed by atoms with Crippen LogP contribution in [0.1, 0.15) is 19.4 Å². The van der Waals surface area contributed by atoms with Crippen molar-refractivity contribution in [3.8, 4) is 5.75 Å². The monoisotopic (exact) mass is 468 g/mol. The number of rotatable bonds is 7. The molecule has 0 saturated carbocycles. The van der Waals surface area contributed by atoms with Crippen molar-refractivity contribution in [2.75, 3.05) is 29.9 Å². The largest absolute Gasteiger partial charge is 0.482 e. The molecule has 2 aromatic carbocycles. The molecule has 2 rings (SSSR count). The number of hydrogen-bond acceptors (Lipinski definition) is 3. The number of nitrogens with zero attached hydrogens (tertiary/aromatic N) is 1. The van der Waals surface area contributed by atoms with Gasteiger partial charge in [-0.05, 0) is 78.7 Å². The molecule has 0 bridgehead atoms. The molecule has 0 aliphatic carbocycles. The molecule has 0 radical (unpaired) electrons. The first-order valence-electron chi connectivity index (χ1n) is 8.17. The van der Waals surface area contributed by atoms with Gasteiger partial charge < -0.3 is 15.0 Å². The van der Waals surface area contributed by atoms with Crippen LogP contribution < -0.4 is 15.0 Å². The summed E-state index contributed by atoms with van der Waals surface area (Å²) in [5, 5.41) is 2.86. The third-order valence-corrected chi connectivity index (χ3v) is 4.87. The number of amides is 1. The van der Waals surface area contributed by atoms with E-state index in [2.05, 4.69) is 55.9 Å². The Bertz CT molecular complexity index is 706. The van der Waals surface area contributed by atoms with Gasteiger partial charge in [-0.25, -0.2) is 0 Å². The summed E-state index contributed by atoms with van der Waals surface area (Å²) in [6, 6.07) is 11.7. The highest BCUT2D eigenvalue weighted by Crippen LogP contribution is 2.32. The second-order valence-corrected chi connectivity index (χ2v) is 7.36. The predicted molar refractivity (Wildman–Crippen MR) is 111 cm³/mol. The summed E-state index contributed by atoms with van der Waals surface area (Å²) in [6.07, 6.45) is 0. The molecule has 6 heteroatoms. The van der Waals surface area contributed by atoms with Gasteiger partial charge >= 0.3 is 0 Å². The molecule has 1 amide bonds. The molecular weight excluding hydrogens is 448 g/mol. The number of carbonyl (C=O) groups is 1. The Labute approximate surface area is 165 Å². The number of hydrogen-bond donors (Lipinski definition) is 1. The lowest BCUT2D eigenvalue weighted by Gasteiger charge is -2.21. The van der Waals surface area contributed by atoms with Gasteiger partial charge in [0.1, 0.15) is 5.75 Å². The van der Waals surface area contributed by atoms with Crippen LogP contribution in [-0.4, -0.2) is 25.6 Å². The third kappa shape index (κ3) is 5.47. The number of carbonyl (C=O) groups excluding carboxylic acids is 1. The topological polar surface area (TPSA) is 41.6 Å². The van der Waals surface area contributed by atoms with Crippen molar-refractivity contribution in [1.82, 2.24) is 0 Å². The zero-order valence-electron chi connectivity index (χ0n) is 14.6. The molecule has 25 heavy (non-hydrogen) atoms. The van der Waals surface area contributed by atoms with E-state index in [9.17, 15) is 4.79 Å². The fourth-order valence-electron chi connectivity index (χ4n) is 2.55. The second-order valence-electron chi connectivity index (χ2n) is 5.59. The van der Waals surface area contributed by atoms with Crippen molar-refractivity contribution >= 4 is 49.1 Å². The van der Waals surface area contributed by atoms with Crippen LogP contribution in [0.4, 0.5) is 11.4 Å². The van der Waals surface area contributed by atoms with Gasteiger partial charge in [-0.15, -0.1) is 0 Å². The zero-order valence-corrected chi connectivity index (χ0v) is 17.8. The summed E-state index contributed by atoms with van der Waals surface area (Å²) in [5.41, 5.74) is 2.86. The highest BCUT2D eigenvalue weighted by Gasteiger charge is 2.10. The maximum Gasteiger partial charge on any atom is 0.262 e. The lowest BCUT2D eigenvalue weighted by atomic mass is 10.2. The molecule has 0 heterocycles. The van der Waals surface area contributed by atoms with Crippen molar-refractivity contribution in [2.24, 2.45) is 0 Å². The Kier molecular flexibility index (Phi) is 7.32. The Morgan fingerprint density at radius 3 is 2.32 bits per heavy atom. The average Bonchev–Trinajstić information content (AvgIpc) is 2.56. The highest BCUT2D eigenvalue weighted by molar-refractivity contribution is 9.11. The lowest BCUT2D eigenvalue weighted by molar-refractivity contribution is -0.118. The van der Waals surface area contributed by atoms with E-state index in [-0.39, 0.29) is 12.5 Å². The molecular formula is C19H22Br2N2O2. The maximum atomic E-state index is 12.1. The lowest BCUT2D eigenvalue weighted by Crippen LogP contribution is -2.22. The van der Waals surface area contributed by atoms with E-state index in [1.54, 1.807) is 0 Å². The van der Waals surface area contributed by atoms with Crippen LogP contribution in [0.5, 0.6) is 5.75 Å². The molecule has 134 valence electrons. The van der Waals surface area contributed by atoms with Gasteiger partial charge in [-0.1, -0.05) is 15.9 Å². The van der Waals surface area contributed by atoms with Crippen molar-refractivity contribution in [1.29, 1.82) is 0 Å². The number of halogens is 2. The number of aryl methyl sites for hydroxylation is 1. The molecule has 0 aromatic heterocycles. The van der Waals surface area contributed by atoms with Gasteiger partial charge in [0.2, 0.25) is 0 Å². The standard InChI is InChI=1S/C19H22Br2N2O2/c1-4-23(5-2)16-8-6-15(7-9-16)22-18(24)12-25-19-13(3)10-14(20)11-17(19)21/h6-11H,4-5,12H2,1-3H3,(H,22,24). The Morgan fingerprint density at radius 1 is 1.12 bits per heavy atom. The number of anilines is 2. The molecule has 2 aromatic rings. The molecule has 4 nitrogen and oxygen atoms in total. The highest BCUT2D eigenvalue weighted by atomic mass is 79.9. The number of benzene rings is 2. The molecule has 0 saturated heterocycles. The number of ether oxygens (including phenoxy) is 1. The van der Waals surface area contributed by atoms with E-state index in [4.69, 9.17) is 4.74 Å². The summed E-state index contributed by atoms with van der Waals surface area (Å²) in [4.78, 5) is 14.4. The van der Waals surface area contributed by atoms with E-state index >= 15 is 0 Å². The first kappa shape index (κ1) is 19.8. The summed E-state index contributed by atoms with van der Waals surface area (Å²) in [7, 11) is 0. The van der Waals surface area contributed by atoms with Gasteiger partial charge in [0.15, 0.2) is 6.61 Å². The third-order valence-electron chi connectivity index (χ3n) is 3.82. The van der Waals surface area contributed by atoms with E-state index in [1.807, 2.05) is 43.3 Å². The summed E-state index contributed by atoms with van der Waals surface area (Å²) in [5.74, 6) is 0.486. The van der Waals surface area contributed by atoms with Crippen molar-refractivity contribution in [3.05, 3.63) is 50.9 Å². The van der Waals surface area contributed by atoms with Crippen LogP contribution >= 0.6 is 31.9 Å². The van der Waals surface area contributed by atoms with Crippen molar-refractivity contribution in [2.45, 2.75) is 20.8 Å². The van der Waals surface area contributed by atoms with E-state index in [0.29, 0.717) is 5.75 Å². The van der Waals surface area contributed by atoms with Gasteiger partial charge in [0.05, 0.1) is 4.47 Å². The van der Waals surface area contributed by atoms with Crippen LogP contribution in [0.2, 0.25) is 0 Å². The van der Waals surface area contributed by atoms with Crippen LogP contribution in [0.25, 0.3) is 0 Å². The minimum Gasteiger partial charge on any atom is -0.482 e. The molecule has 0 aliphatic heterocycles. The molecule has 0 aliphatic rings. The van der Waals surface area contributed by atoms with Gasteiger partial charge in [0, 0.05) is 28.9 Å². The van der Waals surface area contributed by atoms with Crippen molar-refractivity contribution < 1.29 is 9.53 Å². The minimum atomic E-state index is -0.190. The SMILES string of the molecule is CCN(CC)c1ccc(NC(=O)COc2c(C)cc(Br)cc2Br)cc1. The summed E-state index contributed by atoms with van der Waals surface area (Å²) >= 11 is 6.89.